The lowest BCUT2D eigenvalue weighted by atomic mass is 10.2. The minimum absolute atomic E-state index is 0.0287. The van der Waals surface area contributed by atoms with Crippen LogP contribution in [0.1, 0.15) is 6.92 Å². The first-order valence-corrected chi connectivity index (χ1v) is 14.7. The Morgan fingerprint density at radius 3 is 0.853 bits per heavy atom. The second-order valence-corrected chi connectivity index (χ2v) is 12.8. The summed E-state index contributed by atoms with van der Waals surface area (Å²) < 4.78 is 5.92. The van der Waals surface area contributed by atoms with Crippen molar-refractivity contribution in [2.24, 2.45) is 5.92 Å². The van der Waals surface area contributed by atoms with Gasteiger partial charge in [-0.3, -0.25) is 0 Å². The molecule has 174 valence electrons. The zero-order chi connectivity index (χ0) is 24.6. The number of carbonyl (C=O) groups excluding carboxylic acids is 2. The topological polar surface area (TPSA) is 80.3 Å². The van der Waals surface area contributed by atoms with Crippen LogP contribution in [0.15, 0.2) is 121 Å². The first kappa shape index (κ1) is 27.5. The molecule has 34 heavy (non-hydrogen) atoms. The molecule has 4 rings (SSSR count). The highest BCUT2D eigenvalue weighted by molar-refractivity contribution is 5.90. The smallest absolute Gasteiger partial charge is 0.357 e. The molecule has 0 bridgehead atoms. The van der Waals surface area contributed by atoms with Gasteiger partial charge in [0, 0.05) is 17.9 Å². The lowest BCUT2D eigenvalue weighted by molar-refractivity contribution is -0.597. The molecule has 0 spiro atoms. The van der Waals surface area contributed by atoms with Gasteiger partial charge in [-0.1, -0.05) is 79.7 Å². The van der Waals surface area contributed by atoms with Crippen LogP contribution in [0.3, 0.4) is 0 Å². The summed E-state index contributed by atoms with van der Waals surface area (Å²) in [5.74, 6) is -4.76. The third-order valence-corrected chi connectivity index (χ3v) is 9.44. The number of benzene rings is 4. The number of carboxylic acid groups (broad SMARTS) is 2. The zero-order valence-corrected chi connectivity index (χ0v) is 22.8. The van der Waals surface area contributed by atoms with Gasteiger partial charge in [0.25, 0.3) is 0 Å². The molecule has 0 saturated carbocycles. The molecular formula is C28H24I2O4. The number of aliphatic carboxylic acids is 2. The fourth-order valence-corrected chi connectivity index (χ4v) is 6.80. The standard InChI is InChI=1S/2C12H10I.C4H6O4/c2*1-3-7-11(8-4-1)13-12-9-5-2-6-10-12;1-2(3(5)6)4(7)8/h2*1-10H;2H,1H3,(H,5,6)(H,7,8)/q2*+1;/p-2. The average Bonchev–Trinajstić information content (AvgIpc) is 2.87. The summed E-state index contributed by atoms with van der Waals surface area (Å²) in [5.41, 5.74) is 0. The van der Waals surface area contributed by atoms with Gasteiger partial charge in [-0.05, 0) is 48.5 Å². The van der Waals surface area contributed by atoms with Crippen molar-refractivity contribution in [2.75, 3.05) is 0 Å². The Morgan fingerprint density at radius 1 is 0.500 bits per heavy atom. The molecule has 0 aliphatic carbocycles. The van der Waals surface area contributed by atoms with Crippen molar-refractivity contribution in [2.45, 2.75) is 6.92 Å². The summed E-state index contributed by atoms with van der Waals surface area (Å²) in [5, 5.41) is 19.2. The highest BCUT2D eigenvalue weighted by Gasteiger charge is 2.13. The van der Waals surface area contributed by atoms with Crippen LogP contribution in [-0.4, -0.2) is 11.9 Å². The third-order valence-electron chi connectivity index (χ3n) is 4.08. The van der Waals surface area contributed by atoms with Crippen LogP contribution in [0.2, 0.25) is 0 Å². The van der Waals surface area contributed by atoms with Crippen molar-refractivity contribution in [3.63, 3.8) is 0 Å². The van der Waals surface area contributed by atoms with E-state index in [0.717, 1.165) is 6.92 Å². The largest absolute Gasteiger partial charge is 0.549 e. The first-order chi connectivity index (χ1) is 16.5. The van der Waals surface area contributed by atoms with E-state index in [0.29, 0.717) is 0 Å². The van der Waals surface area contributed by atoms with Crippen molar-refractivity contribution >= 4 is 11.9 Å². The van der Waals surface area contributed by atoms with E-state index in [1.54, 1.807) is 0 Å². The van der Waals surface area contributed by atoms with Gasteiger partial charge in [0.15, 0.2) is 14.3 Å². The quantitative estimate of drug-likeness (QED) is 0.159. The predicted octanol–water partition coefficient (Wildman–Crippen LogP) is -3.25. The Morgan fingerprint density at radius 2 is 0.706 bits per heavy atom. The molecule has 0 radical (unpaired) electrons. The van der Waals surface area contributed by atoms with Crippen molar-refractivity contribution in [3.8, 4) is 0 Å². The van der Waals surface area contributed by atoms with Crippen molar-refractivity contribution in [3.05, 3.63) is 136 Å². The zero-order valence-electron chi connectivity index (χ0n) is 18.5. The van der Waals surface area contributed by atoms with Crippen LogP contribution >= 0.6 is 0 Å². The molecule has 4 aromatic rings. The Kier molecular flexibility index (Phi) is 13.0. The van der Waals surface area contributed by atoms with Crippen LogP contribution in [0.4, 0.5) is 0 Å². The summed E-state index contributed by atoms with van der Waals surface area (Å²) >= 11 is 0.0574. The van der Waals surface area contributed by atoms with Gasteiger partial charge in [-0.25, -0.2) is 0 Å². The Bertz CT molecular complexity index is 940. The maximum atomic E-state index is 9.61. The molecule has 0 aliphatic heterocycles. The van der Waals surface area contributed by atoms with E-state index in [9.17, 15) is 19.8 Å². The summed E-state index contributed by atoms with van der Waals surface area (Å²) in [6.45, 7) is 0.991. The maximum absolute atomic E-state index is 9.61. The van der Waals surface area contributed by atoms with Gasteiger partial charge in [-0.2, -0.15) is 0 Å². The number of hydrogen-bond donors (Lipinski definition) is 0. The van der Waals surface area contributed by atoms with Gasteiger partial charge in [0.2, 0.25) is 0 Å². The lowest BCUT2D eigenvalue weighted by Gasteiger charge is -2.11. The first-order valence-electron chi connectivity index (χ1n) is 10.4. The van der Waals surface area contributed by atoms with Crippen LogP contribution in [0, 0.1) is 20.2 Å². The minimum Gasteiger partial charge on any atom is -0.549 e. The molecule has 6 heteroatoms. The van der Waals surface area contributed by atoms with Gasteiger partial charge >= 0.3 is 42.4 Å². The van der Waals surface area contributed by atoms with E-state index in [1.807, 2.05) is 0 Å². The van der Waals surface area contributed by atoms with Crippen molar-refractivity contribution in [1.29, 1.82) is 0 Å². The monoisotopic (exact) mass is 678 g/mol. The molecule has 0 fully saturated rings. The molecule has 0 unspecified atom stereocenters. The fraction of sp³-hybridized carbons (Fsp3) is 0.0714. The highest BCUT2D eigenvalue weighted by Crippen LogP contribution is 1.87. The minimum atomic E-state index is -1.62. The molecule has 0 amide bonds. The highest BCUT2D eigenvalue weighted by atomic mass is 127. The molecule has 0 aromatic heterocycles. The van der Waals surface area contributed by atoms with E-state index in [2.05, 4.69) is 121 Å². The fourth-order valence-electron chi connectivity index (χ4n) is 2.26. The number of carboxylic acids is 2. The average molecular weight is 678 g/mol. The van der Waals surface area contributed by atoms with E-state index in [4.69, 9.17) is 0 Å². The van der Waals surface area contributed by atoms with Gasteiger partial charge < -0.3 is 19.8 Å². The van der Waals surface area contributed by atoms with Crippen LogP contribution in [-0.2, 0) is 9.59 Å². The summed E-state index contributed by atoms with van der Waals surface area (Å²) in [4.78, 5) is 19.2. The van der Waals surface area contributed by atoms with Gasteiger partial charge in [0.1, 0.15) is 0 Å². The second-order valence-electron chi connectivity index (χ2n) is 6.73. The van der Waals surface area contributed by atoms with Crippen molar-refractivity contribution < 1.29 is 62.2 Å². The number of carbonyl (C=O) groups is 2. The van der Waals surface area contributed by atoms with Gasteiger partial charge in [0.05, 0.1) is 0 Å². The van der Waals surface area contributed by atoms with Crippen LogP contribution < -0.4 is 52.6 Å². The summed E-state index contributed by atoms with van der Waals surface area (Å²) in [7, 11) is 0. The van der Waals surface area contributed by atoms with E-state index >= 15 is 0 Å². The Labute approximate surface area is 221 Å². The Balaban J connectivity index is 0.000000187. The van der Waals surface area contributed by atoms with E-state index in [-0.39, 0.29) is 42.4 Å². The molecular weight excluding hydrogens is 654 g/mol. The van der Waals surface area contributed by atoms with E-state index in [1.165, 1.54) is 14.3 Å². The van der Waals surface area contributed by atoms with Crippen LogP contribution in [0.25, 0.3) is 0 Å². The number of rotatable bonds is 6. The molecule has 0 N–H and O–H groups in total. The van der Waals surface area contributed by atoms with E-state index < -0.39 is 17.9 Å². The molecule has 0 atom stereocenters. The summed E-state index contributed by atoms with van der Waals surface area (Å²) in [6.07, 6.45) is 0. The van der Waals surface area contributed by atoms with Crippen LogP contribution in [0.5, 0.6) is 0 Å². The second kappa shape index (κ2) is 16.0. The molecule has 0 heterocycles. The molecule has 4 aromatic carbocycles. The number of halogens is 2. The lowest BCUT2D eigenvalue weighted by Crippen LogP contribution is -3.61. The SMILES string of the molecule is CC(C(=O)[O-])C(=O)[O-].c1ccc([I+]c2ccccc2)cc1.c1ccc([I+]c2ccccc2)cc1. The Hall–Kier alpha value is -2.72. The normalized spacial score (nSPS) is 9.71. The maximum Gasteiger partial charge on any atom is 0.357 e. The molecule has 4 nitrogen and oxygen atoms in total. The molecule has 0 saturated heterocycles. The van der Waals surface area contributed by atoms with Crippen molar-refractivity contribution in [1.82, 2.24) is 0 Å². The van der Waals surface area contributed by atoms with Gasteiger partial charge in [-0.15, -0.1) is 0 Å². The molecule has 0 aliphatic rings. The third kappa shape index (κ3) is 11.4. The predicted molar refractivity (Wildman–Crippen MR) is 120 cm³/mol. The number of hydrogen-bond acceptors (Lipinski definition) is 4. The summed E-state index contributed by atoms with van der Waals surface area (Å²) in [6, 6.07) is 42.8.